The van der Waals surface area contributed by atoms with Gasteiger partial charge in [-0.3, -0.25) is 4.79 Å². The van der Waals surface area contributed by atoms with E-state index >= 15 is 0 Å². The molecule has 2 atom stereocenters. The Kier molecular flexibility index (Phi) is 4.37. The largest absolute Gasteiger partial charge is 0.392 e. The van der Waals surface area contributed by atoms with Gasteiger partial charge in [0.1, 0.15) is 5.54 Å². The Morgan fingerprint density at radius 1 is 1.43 bits per heavy atom. The van der Waals surface area contributed by atoms with Gasteiger partial charge in [0.15, 0.2) is 0 Å². The number of carbonyl (C=O) groups is 1. The van der Waals surface area contributed by atoms with Crippen LogP contribution in [0.1, 0.15) is 32.8 Å². The van der Waals surface area contributed by atoms with E-state index in [0.29, 0.717) is 18.7 Å². The molecule has 5 nitrogen and oxygen atoms in total. The van der Waals surface area contributed by atoms with Crippen LogP contribution in [0.4, 0.5) is 5.69 Å². The molecule has 5 heteroatoms. The van der Waals surface area contributed by atoms with Gasteiger partial charge in [0, 0.05) is 24.1 Å². The Balaban J connectivity index is 2.06. The number of ether oxygens (including phenoxy) is 1. The predicted octanol–water partition coefficient (Wildman–Crippen LogP) is 1.65. The molecule has 0 aromatic heterocycles. The molecule has 1 aromatic carbocycles. The Labute approximate surface area is 125 Å². The summed E-state index contributed by atoms with van der Waals surface area (Å²) in [7, 11) is 0. The van der Waals surface area contributed by atoms with Crippen molar-refractivity contribution in [3.05, 3.63) is 29.8 Å². The number of anilines is 1. The summed E-state index contributed by atoms with van der Waals surface area (Å²) in [4.78, 5) is 12.5. The van der Waals surface area contributed by atoms with Crippen LogP contribution in [0.5, 0.6) is 0 Å². The second-order valence-electron chi connectivity index (χ2n) is 6.15. The highest BCUT2D eigenvalue weighted by Gasteiger charge is 2.62. The molecule has 1 amide bonds. The Bertz CT molecular complexity index is 513. The van der Waals surface area contributed by atoms with Crippen molar-refractivity contribution in [2.24, 2.45) is 11.1 Å². The van der Waals surface area contributed by atoms with Crippen molar-refractivity contribution < 1.29 is 14.6 Å². The normalized spacial score (nSPS) is 27.0. The quantitative estimate of drug-likeness (QED) is 0.770. The van der Waals surface area contributed by atoms with E-state index in [1.165, 1.54) is 0 Å². The van der Waals surface area contributed by atoms with Gasteiger partial charge in [-0.2, -0.15) is 0 Å². The highest BCUT2D eigenvalue weighted by Crippen LogP contribution is 2.50. The van der Waals surface area contributed by atoms with E-state index in [1.807, 2.05) is 20.8 Å². The maximum atomic E-state index is 12.5. The predicted molar refractivity (Wildman–Crippen MR) is 81.7 cm³/mol. The van der Waals surface area contributed by atoms with Crippen LogP contribution in [0, 0.1) is 5.41 Å². The van der Waals surface area contributed by atoms with Crippen LogP contribution in [0.15, 0.2) is 24.3 Å². The number of hydrogen-bond donors (Lipinski definition) is 3. The van der Waals surface area contributed by atoms with Crippen LogP contribution < -0.4 is 11.1 Å². The lowest BCUT2D eigenvalue weighted by Gasteiger charge is -2.57. The molecule has 0 aliphatic heterocycles. The fraction of sp³-hybridized carbons (Fsp3) is 0.562. The first kappa shape index (κ1) is 15.9. The van der Waals surface area contributed by atoms with Gasteiger partial charge in [0.05, 0.1) is 12.7 Å². The van der Waals surface area contributed by atoms with Crippen molar-refractivity contribution in [3.8, 4) is 0 Å². The Hall–Kier alpha value is -1.43. The standard InChI is InChI=1S/C16H24N2O3/c1-4-21-13-9-16(17,15(13,2)3)14(20)18-12-7-5-11(10-19)6-8-12/h5-8,13,19H,4,9-10,17H2,1-3H3,(H,18,20). The smallest absolute Gasteiger partial charge is 0.245 e. The lowest BCUT2D eigenvalue weighted by molar-refractivity contribution is -0.166. The molecule has 0 radical (unpaired) electrons. The van der Waals surface area contributed by atoms with E-state index in [1.54, 1.807) is 24.3 Å². The molecule has 1 aliphatic carbocycles. The zero-order valence-electron chi connectivity index (χ0n) is 12.8. The van der Waals surface area contributed by atoms with Gasteiger partial charge in [-0.1, -0.05) is 26.0 Å². The number of nitrogens with one attached hydrogen (secondary N) is 1. The molecule has 1 saturated carbocycles. The van der Waals surface area contributed by atoms with Gasteiger partial charge in [-0.15, -0.1) is 0 Å². The molecule has 1 aliphatic rings. The maximum absolute atomic E-state index is 12.5. The van der Waals surface area contributed by atoms with Crippen molar-refractivity contribution in [1.29, 1.82) is 0 Å². The molecule has 1 fully saturated rings. The summed E-state index contributed by atoms with van der Waals surface area (Å²) in [5, 5.41) is 11.9. The van der Waals surface area contributed by atoms with Crippen LogP contribution in [0.25, 0.3) is 0 Å². The topological polar surface area (TPSA) is 84.6 Å². The number of carbonyl (C=O) groups excluding carboxylic acids is 1. The van der Waals surface area contributed by atoms with Gasteiger partial charge in [0.25, 0.3) is 0 Å². The van der Waals surface area contributed by atoms with Gasteiger partial charge in [-0.05, 0) is 24.6 Å². The summed E-state index contributed by atoms with van der Waals surface area (Å²) in [5.41, 5.74) is 6.46. The van der Waals surface area contributed by atoms with Gasteiger partial charge in [-0.25, -0.2) is 0 Å². The summed E-state index contributed by atoms with van der Waals surface area (Å²) in [6.45, 7) is 6.47. The molecule has 2 unspecified atom stereocenters. The second kappa shape index (κ2) is 5.75. The van der Waals surface area contributed by atoms with E-state index in [9.17, 15) is 4.79 Å². The van der Waals surface area contributed by atoms with Crippen LogP contribution >= 0.6 is 0 Å². The average Bonchev–Trinajstić information content (AvgIpc) is 2.47. The van der Waals surface area contributed by atoms with Crippen molar-refractivity contribution in [2.45, 2.75) is 45.4 Å². The molecule has 0 saturated heterocycles. The van der Waals surface area contributed by atoms with E-state index in [0.717, 1.165) is 5.56 Å². The minimum absolute atomic E-state index is 0.00927. The average molecular weight is 292 g/mol. The Morgan fingerprint density at radius 3 is 2.52 bits per heavy atom. The fourth-order valence-electron chi connectivity index (χ4n) is 2.76. The van der Waals surface area contributed by atoms with Crippen LogP contribution in [0.3, 0.4) is 0 Å². The molecule has 4 N–H and O–H groups in total. The number of aliphatic hydroxyl groups is 1. The third-order valence-corrected chi connectivity index (χ3v) is 4.63. The van der Waals surface area contributed by atoms with E-state index in [4.69, 9.17) is 15.6 Å². The van der Waals surface area contributed by atoms with Crippen molar-refractivity contribution in [3.63, 3.8) is 0 Å². The number of nitrogens with two attached hydrogens (primary N) is 1. The van der Waals surface area contributed by atoms with E-state index in [2.05, 4.69) is 5.32 Å². The number of hydrogen-bond acceptors (Lipinski definition) is 4. The molecule has 1 aromatic rings. The molecule has 2 rings (SSSR count). The van der Waals surface area contributed by atoms with Crippen LogP contribution in [0.2, 0.25) is 0 Å². The Morgan fingerprint density at radius 2 is 2.05 bits per heavy atom. The van der Waals surface area contributed by atoms with E-state index < -0.39 is 11.0 Å². The zero-order valence-corrected chi connectivity index (χ0v) is 12.8. The summed E-state index contributed by atoms with van der Waals surface area (Å²) in [6.07, 6.45) is 0.531. The summed E-state index contributed by atoms with van der Waals surface area (Å²) < 4.78 is 5.63. The SMILES string of the molecule is CCOC1CC(N)(C(=O)Nc2ccc(CO)cc2)C1(C)C. The van der Waals surface area contributed by atoms with Crippen molar-refractivity contribution in [2.75, 3.05) is 11.9 Å². The lowest BCUT2D eigenvalue weighted by Crippen LogP contribution is -2.74. The van der Waals surface area contributed by atoms with Crippen molar-refractivity contribution in [1.82, 2.24) is 0 Å². The van der Waals surface area contributed by atoms with Crippen molar-refractivity contribution >= 4 is 11.6 Å². The van der Waals surface area contributed by atoms with Crippen LogP contribution in [-0.4, -0.2) is 29.3 Å². The molecule has 116 valence electrons. The molecule has 0 bridgehead atoms. The molecule has 21 heavy (non-hydrogen) atoms. The highest BCUT2D eigenvalue weighted by atomic mass is 16.5. The third-order valence-electron chi connectivity index (χ3n) is 4.63. The summed E-state index contributed by atoms with van der Waals surface area (Å²) >= 11 is 0. The summed E-state index contributed by atoms with van der Waals surface area (Å²) in [6, 6.07) is 7.07. The molecule has 0 spiro atoms. The first-order valence-electron chi connectivity index (χ1n) is 7.27. The lowest BCUT2D eigenvalue weighted by atomic mass is 9.54. The molecular weight excluding hydrogens is 268 g/mol. The minimum atomic E-state index is -0.928. The van der Waals surface area contributed by atoms with Gasteiger partial charge >= 0.3 is 0 Å². The summed E-state index contributed by atoms with van der Waals surface area (Å²) in [5.74, 6) is -0.194. The minimum Gasteiger partial charge on any atom is -0.392 e. The number of amides is 1. The number of benzene rings is 1. The van der Waals surface area contributed by atoms with E-state index in [-0.39, 0.29) is 18.6 Å². The second-order valence-corrected chi connectivity index (χ2v) is 6.15. The third kappa shape index (κ3) is 2.69. The molecule has 0 heterocycles. The first-order chi connectivity index (χ1) is 9.85. The highest BCUT2D eigenvalue weighted by molar-refractivity contribution is 5.99. The zero-order chi connectivity index (χ0) is 15.7. The number of rotatable bonds is 5. The van der Waals surface area contributed by atoms with Gasteiger partial charge < -0.3 is 20.9 Å². The fourth-order valence-corrected chi connectivity index (χ4v) is 2.76. The maximum Gasteiger partial charge on any atom is 0.245 e. The first-order valence-corrected chi connectivity index (χ1v) is 7.27. The monoisotopic (exact) mass is 292 g/mol. The van der Waals surface area contributed by atoms with Gasteiger partial charge in [0.2, 0.25) is 5.91 Å². The number of aliphatic hydroxyl groups excluding tert-OH is 1. The molecular formula is C16H24N2O3. The van der Waals surface area contributed by atoms with Crippen LogP contribution in [-0.2, 0) is 16.1 Å².